The minimum absolute atomic E-state index is 0.0239. The van der Waals surface area contributed by atoms with E-state index in [1.807, 2.05) is 0 Å². The first-order valence-electron chi connectivity index (χ1n) is 3.07. The van der Waals surface area contributed by atoms with Crippen molar-refractivity contribution in [3.05, 3.63) is 0 Å². The first-order valence-corrected chi connectivity index (χ1v) is 3.61. The van der Waals surface area contributed by atoms with Gasteiger partial charge in [0.25, 0.3) is 0 Å². The Morgan fingerprint density at radius 2 is 2.40 bits per heavy atom. The summed E-state index contributed by atoms with van der Waals surface area (Å²) in [5.41, 5.74) is 0. The number of carbonyl (C=O) groups is 1. The minimum Gasteiger partial charge on any atom is -0.355 e. The lowest BCUT2D eigenvalue weighted by Crippen LogP contribution is -2.25. The standard InChI is InChI=1S/C7H10ClNO/c1-2-3-4-5-9-7(10)6-8/h1H,3-6H2,(H,9,10). The highest BCUT2D eigenvalue weighted by atomic mass is 35.5. The van der Waals surface area contributed by atoms with Crippen molar-refractivity contribution in [2.45, 2.75) is 12.8 Å². The summed E-state index contributed by atoms with van der Waals surface area (Å²) in [6.07, 6.45) is 6.50. The van der Waals surface area contributed by atoms with E-state index in [1.165, 1.54) is 0 Å². The van der Waals surface area contributed by atoms with Crippen LogP contribution in [0.2, 0.25) is 0 Å². The SMILES string of the molecule is C#CCCCNC(=O)CCl. The molecule has 0 rings (SSSR count). The number of alkyl halides is 1. The Labute approximate surface area is 65.9 Å². The maximum absolute atomic E-state index is 10.5. The van der Waals surface area contributed by atoms with Crippen LogP contribution >= 0.6 is 11.6 Å². The molecule has 0 aromatic rings. The number of amides is 1. The average molecular weight is 160 g/mol. The maximum atomic E-state index is 10.5. The van der Waals surface area contributed by atoms with Crippen molar-refractivity contribution in [3.63, 3.8) is 0 Å². The third kappa shape index (κ3) is 5.46. The lowest BCUT2D eigenvalue weighted by Gasteiger charge is -1.98. The van der Waals surface area contributed by atoms with Crippen molar-refractivity contribution >= 4 is 17.5 Å². The summed E-state index contributed by atoms with van der Waals surface area (Å²) in [7, 11) is 0. The van der Waals surface area contributed by atoms with E-state index in [4.69, 9.17) is 18.0 Å². The fraction of sp³-hybridized carbons (Fsp3) is 0.571. The predicted octanol–water partition coefficient (Wildman–Crippen LogP) is 0.755. The van der Waals surface area contributed by atoms with Crippen LogP contribution in [0.4, 0.5) is 0 Å². The van der Waals surface area contributed by atoms with Crippen LogP contribution in [-0.4, -0.2) is 18.3 Å². The van der Waals surface area contributed by atoms with Crippen molar-refractivity contribution in [1.29, 1.82) is 0 Å². The van der Waals surface area contributed by atoms with Crippen LogP contribution < -0.4 is 5.32 Å². The number of carbonyl (C=O) groups excluding carboxylic acids is 1. The molecule has 1 amide bonds. The second kappa shape index (κ2) is 6.44. The molecule has 0 fully saturated rings. The Hall–Kier alpha value is -0.680. The molecule has 10 heavy (non-hydrogen) atoms. The molecule has 0 spiro atoms. The van der Waals surface area contributed by atoms with Crippen LogP contribution in [0.15, 0.2) is 0 Å². The fourth-order valence-electron chi connectivity index (χ4n) is 0.466. The molecule has 0 radical (unpaired) electrons. The highest BCUT2D eigenvalue weighted by Gasteiger charge is 1.94. The molecule has 0 saturated heterocycles. The summed E-state index contributed by atoms with van der Waals surface area (Å²) < 4.78 is 0. The summed E-state index contributed by atoms with van der Waals surface area (Å²) >= 11 is 5.21. The van der Waals surface area contributed by atoms with Gasteiger partial charge in [-0.25, -0.2) is 0 Å². The van der Waals surface area contributed by atoms with E-state index in [-0.39, 0.29) is 11.8 Å². The number of unbranched alkanes of at least 4 members (excludes halogenated alkanes) is 1. The van der Waals surface area contributed by atoms with Crippen LogP contribution in [0.3, 0.4) is 0 Å². The molecular formula is C7H10ClNO. The van der Waals surface area contributed by atoms with Crippen LogP contribution in [0.25, 0.3) is 0 Å². The van der Waals surface area contributed by atoms with Gasteiger partial charge in [-0.2, -0.15) is 0 Å². The van der Waals surface area contributed by atoms with Gasteiger partial charge in [-0.3, -0.25) is 4.79 Å². The highest BCUT2D eigenvalue weighted by Crippen LogP contribution is 1.83. The Balaban J connectivity index is 3.05. The van der Waals surface area contributed by atoms with Crippen LogP contribution in [-0.2, 0) is 4.79 Å². The molecule has 0 aromatic carbocycles. The number of rotatable bonds is 4. The van der Waals surface area contributed by atoms with Crippen LogP contribution in [0, 0.1) is 12.3 Å². The molecule has 0 saturated carbocycles. The first-order chi connectivity index (χ1) is 4.81. The van der Waals surface area contributed by atoms with Gasteiger partial charge in [0.1, 0.15) is 5.88 Å². The molecular weight excluding hydrogens is 150 g/mol. The smallest absolute Gasteiger partial charge is 0.234 e. The zero-order valence-corrected chi connectivity index (χ0v) is 6.45. The molecule has 2 nitrogen and oxygen atoms in total. The Kier molecular flexibility index (Phi) is 6.00. The van der Waals surface area contributed by atoms with Gasteiger partial charge >= 0.3 is 0 Å². The minimum atomic E-state index is -0.140. The van der Waals surface area contributed by atoms with Crippen molar-refractivity contribution in [2.24, 2.45) is 0 Å². The van der Waals surface area contributed by atoms with Gasteiger partial charge in [0.2, 0.25) is 5.91 Å². The van der Waals surface area contributed by atoms with E-state index in [9.17, 15) is 4.79 Å². The molecule has 0 bridgehead atoms. The third-order valence-electron chi connectivity index (χ3n) is 0.941. The van der Waals surface area contributed by atoms with Gasteiger partial charge in [0.05, 0.1) is 0 Å². The lowest BCUT2D eigenvalue weighted by atomic mass is 10.3. The number of nitrogens with one attached hydrogen (secondary N) is 1. The third-order valence-corrected chi connectivity index (χ3v) is 1.18. The zero-order valence-electron chi connectivity index (χ0n) is 5.69. The molecule has 3 heteroatoms. The van der Waals surface area contributed by atoms with E-state index in [1.54, 1.807) is 0 Å². The highest BCUT2D eigenvalue weighted by molar-refractivity contribution is 6.27. The van der Waals surface area contributed by atoms with Gasteiger partial charge in [-0.1, -0.05) is 0 Å². The van der Waals surface area contributed by atoms with Crippen molar-refractivity contribution in [1.82, 2.24) is 5.32 Å². The number of halogens is 1. The number of terminal acetylenes is 1. The van der Waals surface area contributed by atoms with Crippen molar-refractivity contribution in [2.75, 3.05) is 12.4 Å². The molecule has 1 N–H and O–H groups in total. The summed E-state index contributed by atoms with van der Waals surface area (Å²) in [5, 5.41) is 2.60. The zero-order chi connectivity index (χ0) is 7.82. The number of hydrogen-bond donors (Lipinski definition) is 1. The summed E-state index contributed by atoms with van der Waals surface area (Å²) in [5.74, 6) is 2.36. The topological polar surface area (TPSA) is 29.1 Å². The van der Waals surface area contributed by atoms with Crippen LogP contribution in [0.1, 0.15) is 12.8 Å². The molecule has 0 heterocycles. The maximum Gasteiger partial charge on any atom is 0.234 e. The quantitative estimate of drug-likeness (QED) is 0.366. The molecule has 0 unspecified atom stereocenters. The van der Waals surface area contributed by atoms with Gasteiger partial charge < -0.3 is 5.32 Å². The Morgan fingerprint density at radius 1 is 1.70 bits per heavy atom. The van der Waals surface area contributed by atoms with Crippen molar-refractivity contribution in [3.8, 4) is 12.3 Å². The average Bonchev–Trinajstić information content (AvgIpc) is 1.98. The fourth-order valence-corrected chi connectivity index (χ4v) is 0.560. The Morgan fingerprint density at radius 3 is 2.90 bits per heavy atom. The summed E-state index contributed by atoms with van der Waals surface area (Å²) in [6, 6.07) is 0. The van der Waals surface area contributed by atoms with Gasteiger partial charge in [-0.05, 0) is 6.42 Å². The predicted molar refractivity (Wildman–Crippen MR) is 41.8 cm³/mol. The molecule has 56 valence electrons. The monoisotopic (exact) mass is 159 g/mol. The molecule has 0 aromatic heterocycles. The normalized spacial score (nSPS) is 8.40. The van der Waals surface area contributed by atoms with Gasteiger partial charge in [0.15, 0.2) is 0 Å². The van der Waals surface area contributed by atoms with E-state index >= 15 is 0 Å². The molecule has 0 aliphatic heterocycles. The number of hydrogen-bond acceptors (Lipinski definition) is 1. The van der Waals surface area contributed by atoms with Gasteiger partial charge in [0, 0.05) is 13.0 Å². The summed E-state index contributed by atoms with van der Waals surface area (Å²) in [6.45, 7) is 0.621. The van der Waals surface area contributed by atoms with Crippen molar-refractivity contribution < 1.29 is 4.79 Å². The van der Waals surface area contributed by atoms with E-state index in [0.717, 1.165) is 6.42 Å². The van der Waals surface area contributed by atoms with E-state index in [2.05, 4.69) is 11.2 Å². The molecule has 0 aliphatic carbocycles. The Bertz CT molecular complexity index is 139. The molecule has 0 atom stereocenters. The summed E-state index contributed by atoms with van der Waals surface area (Å²) in [4.78, 5) is 10.5. The first kappa shape index (κ1) is 9.32. The second-order valence-electron chi connectivity index (χ2n) is 1.79. The molecule has 0 aliphatic rings. The lowest BCUT2D eigenvalue weighted by molar-refractivity contribution is -0.118. The van der Waals surface area contributed by atoms with Crippen LogP contribution in [0.5, 0.6) is 0 Å². The second-order valence-corrected chi connectivity index (χ2v) is 2.06. The van der Waals surface area contributed by atoms with Gasteiger partial charge in [-0.15, -0.1) is 23.9 Å². The van der Waals surface area contributed by atoms with E-state index < -0.39 is 0 Å². The largest absolute Gasteiger partial charge is 0.355 e. The van der Waals surface area contributed by atoms with E-state index in [0.29, 0.717) is 13.0 Å².